The highest BCUT2D eigenvalue weighted by molar-refractivity contribution is 5.76. The molecule has 6 nitrogen and oxygen atoms in total. The fraction of sp³-hybridized carbons (Fsp3) is 0.500. The van der Waals surface area contributed by atoms with E-state index in [2.05, 4.69) is 15.3 Å². The van der Waals surface area contributed by atoms with Crippen molar-refractivity contribution in [2.45, 2.75) is 26.3 Å². The number of rotatable bonds is 6. The van der Waals surface area contributed by atoms with Gasteiger partial charge in [0, 0.05) is 6.07 Å². The summed E-state index contributed by atoms with van der Waals surface area (Å²) < 4.78 is 5.18. The van der Waals surface area contributed by atoms with Crippen LogP contribution in [-0.4, -0.2) is 33.7 Å². The molecule has 16 heavy (non-hydrogen) atoms. The molecule has 0 amide bonds. The van der Waals surface area contributed by atoms with Crippen molar-refractivity contribution in [3.63, 3.8) is 0 Å². The number of nitrogens with zero attached hydrogens (tertiary/aromatic N) is 2. The smallest absolute Gasteiger partial charge is 0.326 e. The van der Waals surface area contributed by atoms with Crippen LogP contribution in [0, 0.1) is 0 Å². The van der Waals surface area contributed by atoms with Gasteiger partial charge in [-0.25, -0.2) is 14.8 Å². The van der Waals surface area contributed by atoms with Crippen LogP contribution in [0.2, 0.25) is 0 Å². The zero-order valence-corrected chi connectivity index (χ0v) is 9.30. The topological polar surface area (TPSA) is 84.3 Å². The Balaban J connectivity index is 2.72. The van der Waals surface area contributed by atoms with Gasteiger partial charge in [-0.05, 0) is 13.3 Å². The minimum atomic E-state index is -0.904. The van der Waals surface area contributed by atoms with E-state index in [0.29, 0.717) is 24.7 Å². The van der Waals surface area contributed by atoms with Gasteiger partial charge in [-0.3, -0.25) is 0 Å². The van der Waals surface area contributed by atoms with Gasteiger partial charge in [-0.15, -0.1) is 0 Å². The zero-order valence-electron chi connectivity index (χ0n) is 9.30. The van der Waals surface area contributed by atoms with Crippen molar-refractivity contribution in [3.05, 3.63) is 12.4 Å². The van der Waals surface area contributed by atoms with Gasteiger partial charge in [0.2, 0.25) is 5.88 Å². The molecule has 1 rings (SSSR count). The van der Waals surface area contributed by atoms with Gasteiger partial charge in [0.25, 0.3) is 0 Å². The molecule has 2 N–H and O–H groups in total. The second-order valence-electron chi connectivity index (χ2n) is 3.12. The van der Waals surface area contributed by atoms with E-state index in [4.69, 9.17) is 9.84 Å². The number of ether oxygens (including phenoxy) is 1. The highest BCUT2D eigenvalue weighted by Crippen LogP contribution is 2.12. The Morgan fingerprint density at radius 2 is 2.31 bits per heavy atom. The van der Waals surface area contributed by atoms with Crippen molar-refractivity contribution in [3.8, 4) is 5.88 Å². The second kappa shape index (κ2) is 5.89. The summed E-state index contributed by atoms with van der Waals surface area (Å²) in [4.78, 5) is 18.6. The monoisotopic (exact) mass is 225 g/mol. The van der Waals surface area contributed by atoms with Crippen molar-refractivity contribution in [2.75, 3.05) is 11.9 Å². The molecule has 1 aromatic rings. The van der Waals surface area contributed by atoms with E-state index in [1.807, 2.05) is 6.92 Å². The standard InChI is InChI=1S/C10H15N3O3/c1-3-7(10(14)15)13-8-5-9(16-4-2)12-6-11-8/h5-7H,3-4H2,1-2H3,(H,14,15)(H,11,12,13). The molecule has 0 aromatic carbocycles. The number of aromatic nitrogens is 2. The van der Waals surface area contributed by atoms with Gasteiger partial charge in [-0.1, -0.05) is 6.92 Å². The number of aliphatic carboxylic acids is 1. The Morgan fingerprint density at radius 3 is 2.88 bits per heavy atom. The van der Waals surface area contributed by atoms with Crippen LogP contribution in [0.3, 0.4) is 0 Å². The van der Waals surface area contributed by atoms with Gasteiger partial charge in [0.1, 0.15) is 18.2 Å². The van der Waals surface area contributed by atoms with E-state index in [9.17, 15) is 4.79 Å². The summed E-state index contributed by atoms with van der Waals surface area (Å²) in [6, 6.07) is 0.930. The molecule has 0 aliphatic rings. The Labute approximate surface area is 93.7 Å². The molecule has 0 spiro atoms. The Bertz CT molecular complexity index is 357. The van der Waals surface area contributed by atoms with Crippen LogP contribution in [0.15, 0.2) is 12.4 Å². The van der Waals surface area contributed by atoms with Crippen LogP contribution >= 0.6 is 0 Å². The molecule has 1 aromatic heterocycles. The summed E-state index contributed by atoms with van der Waals surface area (Å²) in [5, 5.41) is 11.7. The number of carbonyl (C=O) groups is 1. The molecule has 0 aliphatic heterocycles. The van der Waals surface area contributed by atoms with Crippen LogP contribution in [0.4, 0.5) is 5.82 Å². The van der Waals surface area contributed by atoms with E-state index in [-0.39, 0.29) is 0 Å². The summed E-state index contributed by atoms with van der Waals surface area (Å²) in [7, 11) is 0. The first-order chi connectivity index (χ1) is 7.67. The lowest BCUT2D eigenvalue weighted by Crippen LogP contribution is -2.28. The first-order valence-corrected chi connectivity index (χ1v) is 5.11. The molecule has 1 unspecified atom stereocenters. The summed E-state index contributed by atoms with van der Waals surface area (Å²) >= 11 is 0. The van der Waals surface area contributed by atoms with Gasteiger partial charge < -0.3 is 15.2 Å². The third-order valence-electron chi connectivity index (χ3n) is 1.96. The maximum absolute atomic E-state index is 10.8. The van der Waals surface area contributed by atoms with Crippen LogP contribution < -0.4 is 10.1 Å². The average molecular weight is 225 g/mol. The normalized spacial score (nSPS) is 11.9. The van der Waals surface area contributed by atoms with E-state index in [0.717, 1.165) is 0 Å². The van der Waals surface area contributed by atoms with Gasteiger partial charge in [0.15, 0.2) is 0 Å². The van der Waals surface area contributed by atoms with Crippen LogP contribution in [0.1, 0.15) is 20.3 Å². The molecule has 0 aliphatic carbocycles. The largest absolute Gasteiger partial charge is 0.480 e. The zero-order chi connectivity index (χ0) is 12.0. The number of carboxylic acids is 1. The number of carboxylic acid groups (broad SMARTS) is 1. The molecule has 1 heterocycles. The van der Waals surface area contributed by atoms with Crippen molar-refractivity contribution < 1.29 is 14.6 Å². The number of anilines is 1. The predicted molar refractivity (Wildman–Crippen MR) is 58.5 cm³/mol. The lowest BCUT2D eigenvalue weighted by atomic mass is 10.2. The highest BCUT2D eigenvalue weighted by atomic mass is 16.5. The number of hydrogen-bond donors (Lipinski definition) is 2. The summed E-state index contributed by atoms with van der Waals surface area (Å²) in [5.41, 5.74) is 0. The first kappa shape index (κ1) is 12.2. The lowest BCUT2D eigenvalue weighted by molar-refractivity contribution is -0.137. The lowest BCUT2D eigenvalue weighted by Gasteiger charge is -2.12. The number of nitrogens with one attached hydrogen (secondary N) is 1. The van der Waals surface area contributed by atoms with E-state index in [1.54, 1.807) is 13.0 Å². The molecule has 0 bridgehead atoms. The van der Waals surface area contributed by atoms with Gasteiger partial charge in [-0.2, -0.15) is 0 Å². The molecule has 1 atom stereocenters. The maximum atomic E-state index is 10.8. The minimum absolute atomic E-state index is 0.431. The summed E-state index contributed by atoms with van der Waals surface area (Å²) in [6.07, 6.45) is 1.81. The van der Waals surface area contributed by atoms with Crippen molar-refractivity contribution in [2.24, 2.45) is 0 Å². The molecule has 0 radical (unpaired) electrons. The summed E-state index contributed by atoms with van der Waals surface area (Å²) in [5.74, 6) is -0.0213. The Kier molecular flexibility index (Phi) is 4.50. The number of hydrogen-bond acceptors (Lipinski definition) is 5. The van der Waals surface area contributed by atoms with Crippen LogP contribution in [-0.2, 0) is 4.79 Å². The fourth-order valence-electron chi connectivity index (χ4n) is 1.16. The molecule has 0 saturated heterocycles. The molecule has 0 saturated carbocycles. The van der Waals surface area contributed by atoms with Gasteiger partial charge >= 0.3 is 5.97 Å². The Hall–Kier alpha value is -1.85. The summed E-state index contributed by atoms with van der Waals surface area (Å²) in [6.45, 7) is 4.14. The highest BCUT2D eigenvalue weighted by Gasteiger charge is 2.15. The van der Waals surface area contributed by atoms with E-state index in [1.165, 1.54) is 6.33 Å². The average Bonchev–Trinajstić information content (AvgIpc) is 2.26. The Morgan fingerprint density at radius 1 is 1.56 bits per heavy atom. The third-order valence-corrected chi connectivity index (χ3v) is 1.96. The van der Waals surface area contributed by atoms with Crippen LogP contribution in [0.25, 0.3) is 0 Å². The molecular formula is C10H15N3O3. The fourth-order valence-corrected chi connectivity index (χ4v) is 1.16. The van der Waals surface area contributed by atoms with Crippen molar-refractivity contribution in [1.29, 1.82) is 0 Å². The maximum Gasteiger partial charge on any atom is 0.326 e. The molecular weight excluding hydrogens is 210 g/mol. The predicted octanol–water partition coefficient (Wildman–Crippen LogP) is 1.15. The van der Waals surface area contributed by atoms with Crippen molar-refractivity contribution in [1.82, 2.24) is 9.97 Å². The first-order valence-electron chi connectivity index (χ1n) is 5.11. The quantitative estimate of drug-likeness (QED) is 0.755. The SMILES string of the molecule is CCOc1cc(NC(CC)C(=O)O)ncn1. The molecule has 0 fully saturated rings. The van der Waals surface area contributed by atoms with Crippen molar-refractivity contribution >= 4 is 11.8 Å². The third kappa shape index (κ3) is 3.38. The van der Waals surface area contributed by atoms with E-state index >= 15 is 0 Å². The molecule has 88 valence electrons. The second-order valence-corrected chi connectivity index (χ2v) is 3.12. The van der Waals surface area contributed by atoms with E-state index < -0.39 is 12.0 Å². The van der Waals surface area contributed by atoms with Crippen LogP contribution in [0.5, 0.6) is 5.88 Å². The minimum Gasteiger partial charge on any atom is -0.480 e. The van der Waals surface area contributed by atoms with Gasteiger partial charge in [0.05, 0.1) is 6.61 Å². The molecule has 6 heteroatoms.